The van der Waals surface area contributed by atoms with Crippen molar-refractivity contribution in [2.24, 2.45) is 11.8 Å². The Kier molecular flexibility index (Phi) is 9.12. The molecule has 3 saturated carbocycles. The van der Waals surface area contributed by atoms with Crippen LogP contribution in [0.25, 0.3) is 10.9 Å². The van der Waals surface area contributed by atoms with Crippen LogP contribution in [0.3, 0.4) is 0 Å². The summed E-state index contributed by atoms with van der Waals surface area (Å²) in [7, 11) is -2.40. The molecule has 6 aliphatic rings. The molecule has 3 aliphatic heterocycles. The summed E-state index contributed by atoms with van der Waals surface area (Å²) in [5.41, 5.74) is -0.164. The van der Waals surface area contributed by atoms with Gasteiger partial charge in [-0.3, -0.25) is 24.0 Å². The second-order valence-corrected chi connectivity index (χ2v) is 19.1. The van der Waals surface area contributed by atoms with Crippen molar-refractivity contribution >= 4 is 44.7 Å². The average molecular weight is 778 g/mol. The molecule has 1 saturated heterocycles. The predicted octanol–water partition coefficient (Wildman–Crippen LogP) is 4.37. The van der Waals surface area contributed by atoms with Gasteiger partial charge in [0.1, 0.15) is 34.7 Å². The summed E-state index contributed by atoms with van der Waals surface area (Å²) >= 11 is 0. The summed E-state index contributed by atoms with van der Waals surface area (Å²) in [4.78, 5) is 64.3. The smallest absolute Gasteiger partial charge is 0.408 e. The number of sulfonamides is 1. The molecule has 1 spiro atoms. The molecule has 0 radical (unpaired) electrons. The van der Waals surface area contributed by atoms with Gasteiger partial charge in [0, 0.05) is 28.8 Å². The first-order valence-electron chi connectivity index (χ1n) is 19.7. The van der Waals surface area contributed by atoms with Crippen LogP contribution in [0.1, 0.15) is 95.7 Å². The molecule has 2 aromatic rings. The minimum atomic E-state index is -4.00. The number of allylic oxidation sites excluding steroid dienone is 1. The number of carboxylic acid groups (broad SMARTS) is 1. The molecule has 3 N–H and O–H groups in total. The van der Waals surface area contributed by atoms with E-state index in [0.717, 1.165) is 29.3 Å². The molecule has 4 amide bonds. The maximum atomic E-state index is 15.0. The Bertz CT molecular complexity index is 2100. The fourth-order valence-corrected chi connectivity index (χ4v) is 10.5. The summed E-state index contributed by atoms with van der Waals surface area (Å²) < 4.78 is 40.3. The normalized spacial score (nSPS) is 32.1. The Labute approximate surface area is 321 Å². The highest BCUT2D eigenvalue weighted by Gasteiger charge is 2.65. The van der Waals surface area contributed by atoms with E-state index in [4.69, 9.17) is 14.5 Å². The monoisotopic (exact) mass is 777 g/mol. The number of hydrogen-bond acceptors (Lipinski definition) is 9. The maximum Gasteiger partial charge on any atom is 0.408 e. The molecule has 14 nitrogen and oxygen atoms in total. The minimum absolute atomic E-state index is 0.0179. The SMILES string of the molecule is COc1ccc2nc(C)c3c(c2c1)CC[C@@]1(CN2C(=O)[C@@H](N(C(=O)O)C4CC4)CCCCC/C=C\[C@@H]4C[C@@]4(C(=O)NS(=O)(=O)C4(C)CC4)NC(=O)[C@@H]2C1C)O3. The van der Waals surface area contributed by atoms with Crippen LogP contribution < -0.4 is 19.5 Å². The van der Waals surface area contributed by atoms with Gasteiger partial charge in [-0.1, -0.05) is 31.9 Å². The molecule has 6 atom stereocenters. The lowest BCUT2D eigenvalue weighted by Crippen LogP contribution is -2.60. The van der Waals surface area contributed by atoms with Crippen LogP contribution in [0.15, 0.2) is 30.4 Å². The first kappa shape index (κ1) is 37.5. The van der Waals surface area contributed by atoms with Crippen molar-refractivity contribution in [1.82, 2.24) is 24.8 Å². The summed E-state index contributed by atoms with van der Waals surface area (Å²) in [5.74, 6) is -1.65. The summed E-state index contributed by atoms with van der Waals surface area (Å²) in [5, 5.41) is 14.3. The molecule has 3 aliphatic carbocycles. The van der Waals surface area contributed by atoms with Crippen LogP contribution >= 0.6 is 0 Å². The van der Waals surface area contributed by atoms with Crippen molar-refractivity contribution in [3.05, 3.63) is 41.6 Å². The predicted molar refractivity (Wildman–Crippen MR) is 202 cm³/mol. The number of nitrogens with one attached hydrogen (secondary N) is 2. The lowest BCUT2D eigenvalue weighted by molar-refractivity contribution is -0.144. The summed E-state index contributed by atoms with van der Waals surface area (Å²) in [6.45, 7) is 5.35. The molecular weight excluding hydrogens is 727 g/mol. The number of carbonyl (C=O) groups is 4. The van der Waals surface area contributed by atoms with E-state index in [9.17, 15) is 27.9 Å². The number of fused-ring (bicyclic) bond motifs is 5. The number of benzene rings is 1. The van der Waals surface area contributed by atoms with Gasteiger partial charge in [0.15, 0.2) is 0 Å². The van der Waals surface area contributed by atoms with E-state index in [0.29, 0.717) is 75.0 Å². The van der Waals surface area contributed by atoms with Gasteiger partial charge in [-0.2, -0.15) is 0 Å². The average Bonchev–Trinajstić information content (AvgIpc) is 4.07. The number of ether oxygens (including phenoxy) is 2. The molecule has 296 valence electrons. The van der Waals surface area contributed by atoms with Crippen LogP contribution in [0.4, 0.5) is 4.79 Å². The van der Waals surface area contributed by atoms with Crippen molar-refractivity contribution < 1.29 is 42.2 Å². The van der Waals surface area contributed by atoms with E-state index in [2.05, 4.69) is 10.0 Å². The quantitative estimate of drug-likeness (QED) is 0.356. The second-order valence-electron chi connectivity index (χ2n) is 16.9. The Balaban J connectivity index is 1.18. The van der Waals surface area contributed by atoms with Gasteiger partial charge >= 0.3 is 6.09 Å². The number of nitrogens with zero attached hydrogens (tertiary/aromatic N) is 3. The largest absolute Gasteiger partial charge is 0.497 e. The number of pyridine rings is 1. The fourth-order valence-electron chi connectivity index (χ4n) is 9.20. The molecular formula is C40H51N5O9S. The molecule has 1 aromatic carbocycles. The Morgan fingerprint density at radius 2 is 1.89 bits per heavy atom. The highest BCUT2D eigenvalue weighted by atomic mass is 32.2. The number of aromatic nitrogens is 1. The number of rotatable bonds is 6. The molecule has 55 heavy (non-hydrogen) atoms. The van der Waals surface area contributed by atoms with E-state index < -0.39 is 73.6 Å². The van der Waals surface area contributed by atoms with Gasteiger partial charge in [0.05, 0.1) is 29.6 Å². The molecule has 15 heteroatoms. The molecule has 4 heterocycles. The second kappa shape index (κ2) is 13.4. The molecule has 4 fully saturated rings. The van der Waals surface area contributed by atoms with Gasteiger partial charge < -0.3 is 24.8 Å². The van der Waals surface area contributed by atoms with Crippen LogP contribution in [-0.2, 0) is 30.8 Å². The number of carbonyl (C=O) groups excluding carboxylic acids is 3. The number of methoxy groups -OCH3 is 1. The third-order valence-corrected chi connectivity index (χ3v) is 15.4. The van der Waals surface area contributed by atoms with E-state index in [1.165, 1.54) is 9.80 Å². The van der Waals surface area contributed by atoms with E-state index in [1.54, 1.807) is 14.0 Å². The standard InChI is InChI=1S/C40H51N5O9S/c1-23-32-34(46)42-40(36(48)43-55(51,52)38(3)18-19-38)21-25(40)10-8-6-5-7-9-11-31(45(37(49)50)26-12-13-26)35(47)44(32)22-39(23)17-16-28-29-20-27(53-4)14-15-30(29)41-24(2)33(28)54-39/h8,10,14-15,20,23,25-26,31-32H,5-7,9,11-13,16-19,21-22H2,1-4H3,(H,42,46)(H,43,48)(H,49,50)/b10-8-/t23?,25-,31+,32+,39+,40-/m1/s1. The lowest BCUT2D eigenvalue weighted by atomic mass is 9.80. The van der Waals surface area contributed by atoms with E-state index >= 15 is 4.79 Å². The summed E-state index contributed by atoms with van der Waals surface area (Å²) in [6.07, 6.45) is 9.24. The topological polar surface area (TPSA) is 185 Å². The van der Waals surface area contributed by atoms with Gasteiger partial charge in [-0.25, -0.2) is 18.2 Å². The van der Waals surface area contributed by atoms with Crippen molar-refractivity contribution in [3.63, 3.8) is 0 Å². The van der Waals surface area contributed by atoms with Crippen molar-refractivity contribution in [3.8, 4) is 11.5 Å². The lowest BCUT2D eigenvalue weighted by Gasteiger charge is -2.39. The Hall–Kier alpha value is -4.40. The van der Waals surface area contributed by atoms with Crippen LogP contribution in [0.5, 0.6) is 11.5 Å². The molecule has 8 rings (SSSR count). The zero-order valence-corrected chi connectivity index (χ0v) is 32.7. The van der Waals surface area contributed by atoms with Gasteiger partial charge in [0.2, 0.25) is 21.8 Å². The highest BCUT2D eigenvalue weighted by molar-refractivity contribution is 7.91. The third kappa shape index (κ3) is 6.39. The Morgan fingerprint density at radius 3 is 2.58 bits per heavy atom. The first-order valence-corrected chi connectivity index (χ1v) is 21.2. The minimum Gasteiger partial charge on any atom is -0.497 e. The van der Waals surface area contributed by atoms with Crippen LogP contribution in [-0.4, -0.2) is 99.8 Å². The fraction of sp³-hybridized carbons (Fsp3) is 0.625. The van der Waals surface area contributed by atoms with Crippen molar-refractivity contribution in [2.45, 2.75) is 132 Å². The van der Waals surface area contributed by atoms with Gasteiger partial charge in [-0.05, 0) is 96.3 Å². The number of hydrogen-bond donors (Lipinski definition) is 3. The molecule has 1 aromatic heterocycles. The zero-order chi connectivity index (χ0) is 39.1. The molecule has 0 bridgehead atoms. The van der Waals surface area contributed by atoms with Crippen LogP contribution in [0, 0.1) is 18.8 Å². The zero-order valence-electron chi connectivity index (χ0n) is 31.9. The van der Waals surface area contributed by atoms with Gasteiger partial charge in [-0.15, -0.1) is 0 Å². The molecule has 1 unspecified atom stereocenters. The van der Waals surface area contributed by atoms with Gasteiger partial charge in [0.25, 0.3) is 5.91 Å². The highest BCUT2D eigenvalue weighted by Crippen LogP contribution is 2.50. The first-order chi connectivity index (χ1) is 26.1. The Morgan fingerprint density at radius 1 is 1.13 bits per heavy atom. The third-order valence-electron chi connectivity index (χ3n) is 13.2. The van der Waals surface area contributed by atoms with E-state index in [-0.39, 0.29) is 19.0 Å². The van der Waals surface area contributed by atoms with E-state index in [1.807, 2.05) is 44.2 Å². The maximum absolute atomic E-state index is 15.0. The number of aryl methyl sites for hydroxylation is 2. The van der Waals surface area contributed by atoms with Crippen molar-refractivity contribution in [1.29, 1.82) is 0 Å². The van der Waals surface area contributed by atoms with Crippen molar-refractivity contribution in [2.75, 3.05) is 13.7 Å². The summed E-state index contributed by atoms with van der Waals surface area (Å²) in [6, 6.07) is 3.27. The number of amides is 4. The van der Waals surface area contributed by atoms with Crippen LogP contribution in [0.2, 0.25) is 0 Å².